The van der Waals surface area contributed by atoms with Crippen LogP contribution >= 0.6 is 0 Å². The van der Waals surface area contributed by atoms with Gasteiger partial charge >= 0.3 is 5.97 Å². The summed E-state index contributed by atoms with van der Waals surface area (Å²) in [6.07, 6.45) is 1.87. The van der Waals surface area contributed by atoms with Gasteiger partial charge in [0.15, 0.2) is 0 Å². The molecule has 0 aromatic heterocycles. The number of carbonyl (C=O) groups excluding carboxylic acids is 1. The lowest BCUT2D eigenvalue weighted by atomic mass is 10.1. The first-order valence-corrected chi connectivity index (χ1v) is 3.74. The van der Waals surface area contributed by atoms with E-state index in [4.69, 9.17) is 4.74 Å². The van der Waals surface area contributed by atoms with Gasteiger partial charge in [0.2, 0.25) is 0 Å². The normalized spacial score (nSPS) is 14.5. The standard InChI is InChI=1S/C10H8O2/c1-7-3-2-4-9-8(7)5-6-12-10(9)11/h2-5H,1,6H2. The van der Waals surface area contributed by atoms with E-state index < -0.39 is 0 Å². The molecule has 2 heteroatoms. The predicted molar refractivity (Wildman–Crippen MR) is 46.0 cm³/mol. The topological polar surface area (TPSA) is 26.3 Å². The molecule has 1 aliphatic rings. The summed E-state index contributed by atoms with van der Waals surface area (Å²) in [5.74, 6) is -0.252. The highest BCUT2D eigenvalue weighted by molar-refractivity contribution is 5.91. The molecule has 1 aromatic carbocycles. The van der Waals surface area contributed by atoms with E-state index in [1.807, 2.05) is 18.2 Å². The van der Waals surface area contributed by atoms with Crippen molar-refractivity contribution in [1.29, 1.82) is 0 Å². The summed E-state index contributed by atoms with van der Waals surface area (Å²) in [6, 6.07) is 5.44. The number of hydrogen-bond donors (Lipinski definition) is 0. The lowest BCUT2D eigenvalue weighted by Crippen LogP contribution is -2.34. The van der Waals surface area contributed by atoms with Crippen LogP contribution in [-0.2, 0) is 4.74 Å². The van der Waals surface area contributed by atoms with E-state index in [0.29, 0.717) is 12.2 Å². The van der Waals surface area contributed by atoms with Gasteiger partial charge in [-0.05, 0) is 22.6 Å². The Morgan fingerprint density at radius 1 is 1.42 bits per heavy atom. The molecule has 2 nitrogen and oxygen atoms in total. The van der Waals surface area contributed by atoms with Crippen molar-refractivity contribution in [3.63, 3.8) is 0 Å². The summed E-state index contributed by atoms with van der Waals surface area (Å²) in [5, 5.41) is 1.79. The van der Waals surface area contributed by atoms with Crippen molar-refractivity contribution in [1.82, 2.24) is 0 Å². The monoisotopic (exact) mass is 160 g/mol. The molecule has 1 heterocycles. The number of rotatable bonds is 0. The lowest BCUT2D eigenvalue weighted by molar-refractivity contribution is 0.0549. The van der Waals surface area contributed by atoms with Gasteiger partial charge in [-0.2, -0.15) is 0 Å². The highest BCUT2D eigenvalue weighted by Crippen LogP contribution is 1.97. The second kappa shape index (κ2) is 2.48. The van der Waals surface area contributed by atoms with Gasteiger partial charge in [0.25, 0.3) is 0 Å². The summed E-state index contributed by atoms with van der Waals surface area (Å²) in [4.78, 5) is 11.2. The third-order valence-electron chi connectivity index (χ3n) is 1.92. The first kappa shape index (κ1) is 7.10. The molecule has 0 aliphatic carbocycles. The molecule has 0 N–H and O–H groups in total. The van der Waals surface area contributed by atoms with E-state index in [2.05, 4.69) is 6.58 Å². The maximum absolute atomic E-state index is 11.2. The number of hydrogen-bond acceptors (Lipinski definition) is 2. The van der Waals surface area contributed by atoms with Gasteiger partial charge in [-0.3, -0.25) is 0 Å². The van der Waals surface area contributed by atoms with Crippen LogP contribution in [0.25, 0.3) is 12.7 Å². The zero-order valence-electron chi connectivity index (χ0n) is 6.54. The molecule has 0 atom stereocenters. The van der Waals surface area contributed by atoms with Crippen LogP contribution in [0.2, 0.25) is 0 Å². The van der Waals surface area contributed by atoms with Crippen LogP contribution in [-0.4, -0.2) is 12.6 Å². The first-order chi connectivity index (χ1) is 5.79. The van der Waals surface area contributed by atoms with Crippen LogP contribution in [0.15, 0.2) is 18.2 Å². The van der Waals surface area contributed by atoms with Crippen LogP contribution in [0.4, 0.5) is 0 Å². The van der Waals surface area contributed by atoms with Crippen molar-refractivity contribution >= 4 is 18.6 Å². The summed E-state index contributed by atoms with van der Waals surface area (Å²) in [5.41, 5.74) is 0.619. The van der Waals surface area contributed by atoms with Gasteiger partial charge in [0, 0.05) is 0 Å². The second-order valence-electron chi connectivity index (χ2n) is 2.68. The fraction of sp³-hybridized carbons (Fsp3) is 0.100. The molecule has 12 heavy (non-hydrogen) atoms. The number of esters is 1. The molecule has 0 radical (unpaired) electrons. The fourth-order valence-corrected chi connectivity index (χ4v) is 1.31. The van der Waals surface area contributed by atoms with Crippen LogP contribution in [0.3, 0.4) is 0 Å². The Kier molecular flexibility index (Phi) is 1.47. The summed E-state index contributed by atoms with van der Waals surface area (Å²) in [7, 11) is 0. The Balaban J connectivity index is 2.86. The Morgan fingerprint density at radius 2 is 2.25 bits per heavy atom. The highest BCUT2D eigenvalue weighted by atomic mass is 16.5. The average molecular weight is 160 g/mol. The molecule has 1 aliphatic heterocycles. The maximum atomic E-state index is 11.2. The molecule has 60 valence electrons. The zero-order valence-corrected chi connectivity index (χ0v) is 6.54. The van der Waals surface area contributed by atoms with Gasteiger partial charge in [-0.15, -0.1) is 0 Å². The number of fused-ring (bicyclic) bond motifs is 1. The Hall–Kier alpha value is -1.57. The number of carbonyl (C=O) groups is 1. The van der Waals surface area contributed by atoms with Crippen molar-refractivity contribution in [2.45, 2.75) is 0 Å². The van der Waals surface area contributed by atoms with Gasteiger partial charge in [-0.25, -0.2) is 4.79 Å². The third-order valence-corrected chi connectivity index (χ3v) is 1.92. The first-order valence-electron chi connectivity index (χ1n) is 3.74. The summed E-state index contributed by atoms with van der Waals surface area (Å²) < 4.78 is 4.84. The predicted octanol–water partition coefficient (Wildman–Crippen LogP) is 0.0478. The summed E-state index contributed by atoms with van der Waals surface area (Å²) >= 11 is 0. The van der Waals surface area contributed by atoms with E-state index in [1.54, 1.807) is 6.07 Å². The molecule has 1 aromatic rings. The van der Waals surface area contributed by atoms with Gasteiger partial charge in [0.1, 0.15) is 6.61 Å². The second-order valence-corrected chi connectivity index (χ2v) is 2.68. The molecule has 0 amide bonds. The van der Waals surface area contributed by atoms with Gasteiger partial charge in [0.05, 0.1) is 5.56 Å². The van der Waals surface area contributed by atoms with Crippen LogP contribution < -0.4 is 10.4 Å². The van der Waals surface area contributed by atoms with Gasteiger partial charge in [-0.1, -0.05) is 18.7 Å². The minimum Gasteiger partial charge on any atom is -0.458 e. The minimum absolute atomic E-state index is 0.252. The molecule has 0 spiro atoms. The highest BCUT2D eigenvalue weighted by Gasteiger charge is 2.11. The Bertz CT molecular complexity index is 432. The average Bonchev–Trinajstić information content (AvgIpc) is 2.07. The van der Waals surface area contributed by atoms with Crippen molar-refractivity contribution in [2.75, 3.05) is 6.61 Å². The van der Waals surface area contributed by atoms with Crippen molar-refractivity contribution in [3.8, 4) is 0 Å². The van der Waals surface area contributed by atoms with Crippen LogP contribution in [0.1, 0.15) is 10.4 Å². The Labute approximate surface area is 69.8 Å². The molecule has 0 saturated carbocycles. The van der Waals surface area contributed by atoms with Crippen LogP contribution in [0, 0.1) is 0 Å². The van der Waals surface area contributed by atoms with E-state index in [-0.39, 0.29) is 5.97 Å². The van der Waals surface area contributed by atoms with Crippen molar-refractivity contribution in [3.05, 3.63) is 34.2 Å². The molecule has 2 rings (SSSR count). The molecular weight excluding hydrogens is 152 g/mol. The molecule has 0 unspecified atom stereocenters. The number of ether oxygens (including phenoxy) is 1. The van der Waals surface area contributed by atoms with Crippen molar-refractivity contribution in [2.24, 2.45) is 0 Å². The fourth-order valence-electron chi connectivity index (χ4n) is 1.31. The third kappa shape index (κ3) is 0.925. The largest absolute Gasteiger partial charge is 0.458 e. The van der Waals surface area contributed by atoms with E-state index in [0.717, 1.165) is 10.4 Å². The molecule has 0 saturated heterocycles. The molecule has 0 bridgehead atoms. The summed E-state index contributed by atoms with van der Waals surface area (Å²) in [6.45, 7) is 4.19. The SMILES string of the molecule is C=c1cccc2c1=CCOC2=O. The smallest absolute Gasteiger partial charge is 0.339 e. The van der Waals surface area contributed by atoms with E-state index in [9.17, 15) is 4.79 Å². The van der Waals surface area contributed by atoms with Crippen molar-refractivity contribution < 1.29 is 9.53 Å². The minimum atomic E-state index is -0.252. The Morgan fingerprint density at radius 3 is 3.00 bits per heavy atom. The van der Waals surface area contributed by atoms with Crippen LogP contribution in [0.5, 0.6) is 0 Å². The number of benzene rings is 1. The van der Waals surface area contributed by atoms with Gasteiger partial charge < -0.3 is 4.74 Å². The zero-order chi connectivity index (χ0) is 8.55. The van der Waals surface area contributed by atoms with E-state index >= 15 is 0 Å². The van der Waals surface area contributed by atoms with E-state index in [1.165, 1.54) is 0 Å². The lowest BCUT2D eigenvalue weighted by Gasteiger charge is -2.08. The molecular formula is C10H8O2. The number of cyclic esters (lactones) is 1. The molecule has 0 fully saturated rings. The quantitative estimate of drug-likeness (QED) is 0.501. The maximum Gasteiger partial charge on any atom is 0.339 e.